The molecule has 4 heteroatoms. The highest BCUT2D eigenvalue weighted by Crippen LogP contribution is 2.19. The van der Waals surface area contributed by atoms with Crippen molar-refractivity contribution in [2.45, 2.75) is 31.4 Å². The second-order valence-electron chi connectivity index (χ2n) is 4.40. The van der Waals surface area contributed by atoms with Gasteiger partial charge in [-0.1, -0.05) is 6.07 Å². The van der Waals surface area contributed by atoms with E-state index in [9.17, 15) is 8.78 Å². The number of likely N-dealkylation sites (N-methyl/N-ethyl adjacent to an activating group) is 1. The maximum Gasteiger partial charge on any atom is 0.159 e. The number of halogens is 2. The van der Waals surface area contributed by atoms with Crippen LogP contribution in [0.2, 0.25) is 0 Å². The molecule has 0 spiro atoms. The van der Waals surface area contributed by atoms with Crippen LogP contribution in [-0.4, -0.2) is 25.8 Å². The van der Waals surface area contributed by atoms with Gasteiger partial charge in [0.25, 0.3) is 0 Å². The van der Waals surface area contributed by atoms with Gasteiger partial charge in [-0.15, -0.1) is 0 Å². The first-order valence-corrected chi connectivity index (χ1v) is 5.93. The Morgan fingerprint density at radius 3 is 2.82 bits per heavy atom. The predicted molar refractivity (Wildman–Crippen MR) is 61.9 cm³/mol. The second-order valence-corrected chi connectivity index (χ2v) is 4.40. The van der Waals surface area contributed by atoms with E-state index in [1.807, 2.05) is 7.05 Å². The molecular formula is C13H17F2NO. The van der Waals surface area contributed by atoms with Gasteiger partial charge in [0.15, 0.2) is 11.6 Å². The molecule has 1 N–H and O–H groups in total. The Morgan fingerprint density at radius 1 is 1.41 bits per heavy atom. The zero-order valence-corrected chi connectivity index (χ0v) is 9.88. The number of ether oxygens (including phenoxy) is 1. The topological polar surface area (TPSA) is 21.3 Å². The van der Waals surface area contributed by atoms with E-state index in [1.165, 1.54) is 12.1 Å². The molecule has 1 aliphatic heterocycles. The summed E-state index contributed by atoms with van der Waals surface area (Å²) in [6, 6.07) is 4.21. The average molecular weight is 241 g/mol. The fraction of sp³-hybridized carbons (Fsp3) is 0.538. The molecule has 1 fully saturated rings. The number of benzene rings is 1. The van der Waals surface area contributed by atoms with Crippen LogP contribution in [0, 0.1) is 11.6 Å². The van der Waals surface area contributed by atoms with Crippen LogP contribution in [0.4, 0.5) is 8.78 Å². The van der Waals surface area contributed by atoms with Gasteiger partial charge in [0.1, 0.15) is 0 Å². The monoisotopic (exact) mass is 241 g/mol. The maximum absolute atomic E-state index is 13.1. The lowest BCUT2D eigenvalue weighted by Gasteiger charge is -2.22. The average Bonchev–Trinajstić information content (AvgIpc) is 2.84. The van der Waals surface area contributed by atoms with E-state index < -0.39 is 11.6 Å². The van der Waals surface area contributed by atoms with E-state index in [0.29, 0.717) is 6.42 Å². The Balaban J connectivity index is 2.04. The third-order valence-corrected chi connectivity index (χ3v) is 3.22. The fourth-order valence-electron chi connectivity index (χ4n) is 2.26. The minimum atomic E-state index is -0.799. The molecule has 1 aliphatic rings. The van der Waals surface area contributed by atoms with Gasteiger partial charge in [-0.05, 0) is 44.0 Å². The molecule has 2 rings (SSSR count). The Bertz CT molecular complexity index is 378. The van der Waals surface area contributed by atoms with Gasteiger partial charge in [-0.3, -0.25) is 0 Å². The number of rotatable bonds is 4. The van der Waals surface area contributed by atoms with Gasteiger partial charge in [0.05, 0.1) is 6.10 Å². The summed E-state index contributed by atoms with van der Waals surface area (Å²) in [5.41, 5.74) is 0.791. The van der Waals surface area contributed by atoms with Crippen molar-refractivity contribution in [3.8, 4) is 0 Å². The molecule has 17 heavy (non-hydrogen) atoms. The number of nitrogens with one attached hydrogen (secondary N) is 1. The Hall–Kier alpha value is -1.00. The molecule has 0 aromatic heterocycles. The Morgan fingerprint density at radius 2 is 2.24 bits per heavy atom. The zero-order valence-electron chi connectivity index (χ0n) is 9.88. The highest BCUT2D eigenvalue weighted by atomic mass is 19.2. The molecule has 94 valence electrons. The van der Waals surface area contributed by atoms with Gasteiger partial charge in [-0.2, -0.15) is 0 Å². The van der Waals surface area contributed by atoms with Crippen molar-refractivity contribution >= 4 is 0 Å². The molecule has 1 aromatic rings. The van der Waals surface area contributed by atoms with E-state index in [2.05, 4.69) is 5.32 Å². The smallest absolute Gasteiger partial charge is 0.159 e. The molecule has 1 aromatic carbocycles. The third kappa shape index (κ3) is 3.01. The summed E-state index contributed by atoms with van der Waals surface area (Å²) in [5.74, 6) is -1.59. The molecule has 0 saturated carbocycles. The van der Waals surface area contributed by atoms with Crippen LogP contribution in [0.25, 0.3) is 0 Å². The Labute approximate surface area is 100.0 Å². The van der Waals surface area contributed by atoms with Crippen molar-refractivity contribution < 1.29 is 13.5 Å². The van der Waals surface area contributed by atoms with Crippen LogP contribution >= 0.6 is 0 Å². The van der Waals surface area contributed by atoms with Gasteiger partial charge in [0.2, 0.25) is 0 Å². The minimum absolute atomic E-state index is 0.155. The van der Waals surface area contributed by atoms with Gasteiger partial charge in [0, 0.05) is 12.6 Å². The molecular weight excluding hydrogens is 224 g/mol. The molecule has 1 heterocycles. The van der Waals surface area contributed by atoms with Crippen LogP contribution in [0.5, 0.6) is 0 Å². The lowest BCUT2D eigenvalue weighted by atomic mass is 9.99. The summed E-state index contributed by atoms with van der Waals surface area (Å²) in [5, 5.41) is 3.19. The number of hydrogen-bond donors (Lipinski definition) is 1. The molecule has 1 saturated heterocycles. The molecule has 2 nitrogen and oxygen atoms in total. The molecule has 2 unspecified atom stereocenters. The van der Waals surface area contributed by atoms with Crippen LogP contribution < -0.4 is 5.32 Å². The summed E-state index contributed by atoms with van der Waals surface area (Å²) >= 11 is 0. The van der Waals surface area contributed by atoms with Crippen LogP contribution in [0.1, 0.15) is 18.4 Å². The van der Waals surface area contributed by atoms with E-state index in [-0.39, 0.29) is 12.1 Å². The van der Waals surface area contributed by atoms with Crippen LogP contribution in [0.15, 0.2) is 18.2 Å². The number of hydrogen-bond acceptors (Lipinski definition) is 2. The summed E-state index contributed by atoms with van der Waals surface area (Å²) in [6.45, 7) is 0.792. The van der Waals surface area contributed by atoms with Gasteiger partial charge in [-0.25, -0.2) is 8.78 Å². The van der Waals surface area contributed by atoms with Crippen molar-refractivity contribution in [3.63, 3.8) is 0 Å². The van der Waals surface area contributed by atoms with Crippen LogP contribution in [-0.2, 0) is 11.2 Å². The SMILES string of the molecule is CNC(Cc1ccc(F)c(F)c1)C1CCCO1. The highest BCUT2D eigenvalue weighted by Gasteiger charge is 2.24. The maximum atomic E-state index is 13.1. The summed E-state index contributed by atoms with van der Waals surface area (Å²) in [4.78, 5) is 0. The fourth-order valence-corrected chi connectivity index (χ4v) is 2.26. The summed E-state index contributed by atoms with van der Waals surface area (Å²) in [6.07, 6.45) is 2.92. The summed E-state index contributed by atoms with van der Waals surface area (Å²) < 4.78 is 31.5. The van der Waals surface area contributed by atoms with Crippen molar-refractivity contribution in [1.29, 1.82) is 0 Å². The quantitative estimate of drug-likeness (QED) is 0.873. The van der Waals surface area contributed by atoms with Crippen LogP contribution in [0.3, 0.4) is 0 Å². The molecule has 0 radical (unpaired) electrons. The summed E-state index contributed by atoms with van der Waals surface area (Å²) in [7, 11) is 1.87. The standard InChI is InChI=1S/C13H17F2NO/c1-16-12(13-3-2-6-17-13)8-9-4-5-10(14)11(15)7-9/h4-5,7,12-13,16H,2-3,6,8H2,1H3. The first-order valence-electron chi connectivity index (χ1n) is 5.93. The van der Waals surface area contributed by atoms with Gasteiger partial charge >= 0.3 is 0 Å². The molecule has 0 aliphatic carbocycles. The largest absolute Gasteiger partial charge is 0.377 e. The van der Waals surface area contributed by atoms with Crippen molar-refractivity contribution in [1.82, 2.24) is 5.32 Å². The second kappa shape index (κ2) is 5.56. The van der Waals surface area contributed by atoms with Crippen molar-refractivity contribution in [2.24, 2.45) is 0 Å². The Kier molecular flexibility index (Phi) is 4.07. The van der Waals surface area contributed by atoms with E-state index in [0.717, 1.165) is 25.0 Å². The zero-order chi connectivity index (χ0) is 12.3. The van der Waals surface area contributed by atoms with E-state index in [1.54, 1.807) is 6.07 Å². The minimum Gasteiger partial charge on any atom is -0.377 e. The molecule has 0 amide bonds. The lowest BCUT2D eigenvalue weighted by Crippen LogP contribution is -2.39. The van der Waals surface area contributed by atoms with Crippen molar-refractivity contribution in [2.75, 3.05) is 13.7 Å². The normalized spacial score (nSPS) is 21.7. The lowest BCUT2D eigenvalue weighted by molar-refractivity contribution is 0.0808. The van der Waals surface area contributed by atoms with Crippen molar-refractivity contribution in [3.05, 3.63) is 35.4 Å². The first-order chi connectivity index (χ1) is 8.20. The van der Waals surface area contributed by atoms with E-state index >= 15 is 0 Å². The third-order valence-electron chi connectivity index (χ3n) is 3.22. The molecule has 0 bridgehead atoms. The predicted octanol–water partition coefficient (Wildman–Crippen LogP) is 2.27. The highest BCUT2D eigenvalue weighted by molar-refractivity contribution is 5.19. The van der Waals surface area contributed by atoms with Gasteiger partial charge < -0.3 is 10.1 Å². The first kappa shape index (κ1) is 12.5. The van der Waals surface area contributed by atoms with E-state index in [4.69, 9.17) is 4.74 Å². The molecule has 2 atom stereocenters.